The van der Waals surface area contributed by atoms with Crippen molar-refractivity contribution in [3.8, 4) is 0 Å². The van der Waals surface area contributed by atoms with Crippen molar-refractivity contribution >= 4 is 32.5 Å². The molecule has 3 aromatic carbocycles. The Balaban J connectivity index is 1.75. The van der Waals surface area contributed by atoms with Gasteiger partial charge in [0.2, 0.25) is 15.9 Å². The lowest BCUT2D eigenvalue weighted by molar-refractivity contribution is -0.117. The van der Waals surface area contributed by atoms with Gasteiger partial charge in [-0.25, -0.2) is 13.2 Å². The normalized spacial score (nSPS) is 12.4. The van der Waals surface area contributed by atoms with E-state index >= 15 is 0 Å². The van der Waals surface area contributed by atoms with Gasteiger partial charge in [-0.3, -0.25) is 18.7 Å². The molecule has 186 valence electrons. The Hall–Kier alpha value is -4.02. The molecule has 4 aromatic rings. The molecule has 0 saturated carbocycles. The second-order valence-electron chi connectivity index (χ2n) is 8.35. The van der Waals surface area contributed by atoms with Gasteiger partial charge in [-0.1, -0.05) is 55.5 Å². The Kier molecular flexibility index (Phi) is 6.91. The van der Waals surface area contributed by atoms with Gasteiger partial charge in [-0.2, -0.15) is 4.72 Å². The standard InChI is InChI=1S/C26H26N4O5S/c1-4-17-10-8-9-13-21(17)27-24(31)23(18-11-6-5-7-12-18)28-36(34,35)19-14-15-22-20(16-19)25(32)30(3)26(33)29(22)2/h5-16,23,28H,4H2,1-3H3,(H,27,31)/t23-/m1/s1. The zero-order valence-corrected chi connectivity index (χ0v) is 20.9. The van der Waals surface area contributed by atoms with Crippen molar-refractivity contribution in [2.24, 2.45) is 14.1 Å². The number of amides is 1. The van der Waals surface area contributed by atoms with Crippen molar-refractivity contribution in [2.45, 2.75) is 24.3 Å². The van der Waals surface area contributed by atoms with Crippen LogP contribution in [-0.2, 0) is 35.3 Å². The summed E-state index contributed by atoms with van der Waals surface area (Å²) in [6.45, 7) is 1.96. The molecule has 0 saturated heterocycles. The molecule has 0 aliphatic rings. The maximum Gasteiger partial charge on any atom is 0.330 e. The largest absolute Gasteiger partial charge is 0.330 e. The van der Waals surface area contributed by atoms with Gasteiger partial charge in [0.05, 0.1) is 15.8 Å². The van der Waals surface area contributed by atoms with E-state index < -0.39 is 33.2 Å². The third-order valence-electron chi connectivity index (χ3n) is 6.07. The predicted octanol–water partition coefficient (Wildman–Crippen LogP) is 2.46. The SMILES string of the molecule is CCc1ccccc1NC(=O)[C@H](NS(=O)(=O)c1ccc2c(c1)c(=O)n(C)c(=O)n2C)c1ccccc1. The molecule has 36 heavy (non-hydrogen) atoms. The topological polar surface area (TPSA) is 119 Å². The average Bonchev–Trinajstić information content (AvgIpc) is 2.89. The van der Waals surface area contributed by atoms with Crippen LogP contribution in [0.5, 0.6) is 0 Å². The maximum atomic E-state index is 13.4. The fraction of sp³-hybridized carbons (Fsp3) is 0.192. The molecule has 9 nitrogen and oxygen atoms in total. The molecule has 0 radical (unpaired) electrons. The van der Waals surface area contributed by atoms with Crippen LogP contribution in [0.1, 0.15) is 24.1 Å². The van der Waals surface area contributed by atoms with Gasteiger partial charge in [-0.05, 0) is 41.8 Å². The summed E-state index contributed by atoms with van der Waals surface area (Å²) in [5.41, 5.74) is 1.13. The molecule has 1 heterocycles. The van der Waals surface area contributed by atoms with Crippen molar-refractivity contribution in [3.63, 3.8) is 0 Å². The number of carbonyl (C=O) groups excluding carboxylic acids is 1. The number of anilines is 1. The highest BCUT2D eigenvalue weighted by molar-refractivity contribution is 7.89. The molecule has 0 bridgehead atoms. The van der Waals surface area contributed by atoms with E-state index in [9.17, 15) is 22.8 Å². The number of hydrogen-bond acceptors (Lipinski definition) is 5. The average molecular weight is 507 g/mol. The molecule has 0 aliphatic carbocycles. The minimum Gasteiger partial charge on any atom is -0.324 e. The smallest absolute Gasteiger partial charge is 0.324 e. The van der Waals surface area contributed by atoms with E-state index in [-0.39, 0.29) is 10.3 Å². The van der Waals surface area contributed by atoms with Crippen LogP contribution in [0.4, 0.5) is 5.69 Å². The molecule has 2 N–H and O–H groups in total. The van der Waals surface area contributed by atoms with Crippen LogP contribution in [0.25, 0.3) is 10.9 Å². The Morgan fingerprint density at radius 3 is 2.28 bits per heavy atom. The molecule has 0 spiro atoms. The molecular formula is C26H26N4O5S. The highest BCUT2D eigenvalue weighted by atomic mass is 32.2. The summed E-state index contributed by atoms with van der Waals surface area (Å²) < 4.78 is 31.5. The van der Waals surface area contributed by atoms with Gasteiger partial charge in [0, 0.05) is 19.8 Å². The number of fused-ring (bicyclic) bond motifs is 1. The van der Waals surface area contributed by atoms with Gasteiger partial charge < -0.3 is 5.32 Å². The third-order valence-corrected chi connectivity index (χ3v) is 7.49. The van der Waals surface area contributed by atoms with Crippen molar-refractivity contribution in [1.82, 2.24) is 13.9 Å². The number of aryl methyl sites for hydroxylation is 2. The lowest BCUT2D eigenvalue weighted by Crippen LogP contribution is -2.38. The monoisotopic (exact) mass is 506 g/mol. The first-order valence-electron chi connectivity index (χ1n) is 11.3. The van der Waals surface area contributed by atoms with Gasteiger partial charge in [0.15, 0.2) is 0 Å². The minimum atomic E-state index is -4.25. The van der Waals surface area contributed by atoms with E-state index in [1.54, 1.807) is 42.5 Å². The number of aromatic nitrogens is 2. The van der Waals surface area contributed by atoms with Gasteiger partial charge >= 0.3 is 5.69 Å². The van der Waals surface area contributed by atoms with Crippen molar-refractivity contribution in [2.75, 3.05) is 5.32 Å². The molecule has 0 aliphatic heterocycles. The number of benzene rings is 3. The van der Waals surface area contributed by atoms with E-state index in [4.69, 9.17) is 0 Å². The van der Waals surface area contributed by atoms with E-state index in [1.165, 1.54) is 36.9 Å². The van der Waals surface area contributed by atoms with Crippen LogP contribution in [0.2, 0.25) is 0 Å². The van der Waals surface area contributed by atoms with E-state index in [0.717, 1.165) is 10.1 Å². The van der Waals surface area contributed by atoms with Crippen LogP contribution < -0.4 is 21.3 Å². The minimum absolute atomic E-state index is 0.0695. The van der Waals surface area contributed by atoms with Crippen molar-refractivity contribution in [3.05, 3.63) is 105 Å². The molecule has 4 rings (SSSR count). The Morgan fingerprint density at radius 1 is 0.917 bits per heavy atom. The van der Waals surface area contributed by atoms with Gasteiger partial charge in [0.25, 0.3) is 5.56 Å². The van der Waals surface area contributed by atoms with E-state index in [0.29, 0.717) is 23.2 Å². The van der Waals surface area contributed by atoms with Crippen LogP contribution >= 0.6 is 0 Å². The highest BCUT2D eigenvalue weighted by Gasteiger charge is 2.28. The van der Waals surface area contributed by atoms with Crippen molar-refractivity contribution in [1.29, 1.82) is 0 Å². The number of carbonyl (C=O) groups is 1. The first-order valence-corrected chi connectivity index (χ1v) is 12.8. The fourth-order valence-corrected chi connectivity index (χ4v) is 5.25. The first kappa shape index (κ1) is 25.1. The quantitative estimate of drug-likeness (QED) is 0.399. The summed E-state index contributed by atoms with van der Waals surface area (Å²) >= 11 is 0. The second-order valence-corrected chi connectivity index (χ2v) is 10.1. The molecule has 10 heteroatoms. The van der Waals surface area contributed by atoms with Gasteiger partial charge in [0.1, 0.15) is 6.04 Å². The summed E-state index contributed by atoms with van der Waals surface area (Å²) in [6.07, 6.45) is 0.687. The number of nitrogens with zero attached hydrogens (tertiary/aromatic N) is 2. The summed E-state index contributed by atoms with van der Waals surface area (Å²) in [4.78, 5) is 38.0. The number of para-hydroxylation sites is 1. The molecular weight excluding hydrogens is 480 g/mol. The number of hydrogen-bond donors (Lipinski definition) is 2. The number of nitrogens with one attached hydrogen (secondary N) is 2. The van der Waals surface area contributed by atoms with Crippen LogP contribution in [0, 0.1) is 0 Å². The Bertz CT molecular complexity index is 1670. The third kappa shape index (κ3) is 4.73. The second kappa shape index (κ2) is 9.92. The van der Waals surface area contributed by atoms with E-state index in [1.807, 2.05) is 19.1 Å². The number of rotatable bonds is 7. The summed E-state index contributed by atoms with van der Waals surface area (Å²) in [6, 6.07) is 18.5. The Morgan fingerprint density at radius 2 is 1.58 bits per heavy atom. The first-order chi connectivity index (χ1) is 17.1. The lowest BCUT2D eigenvalue weighted by atomic mass is 10.1. The lowest BCUT2D eigenvalue weighted by Gasteiger charge is -2.20. The molecule has 0 unspecified atom stereocenters. The summed E-state index contributed by atoms with van der Waals surface area (Å²) in [5, 5.41) is 2.91. The summed E-state index contributed by atoms with van der Waals surface area (Å²) in [5.74, 6) is -0.551. The van der Waals surface area contributed by atoms with Crippen LogP contribution in [0.3, 0.4) is 0 Å². The molecule has 1 atom stereocenters. The highest BCUT2D eigenvalue weighted by Crippen LogP contribution is 2.23. The fourth-order valence-electron chi connectivity index (χ4n) is 4.04. The van der Waals surface area contributed by atoms with Gasteiger partial charge in [-0.15, -0.1) is 0 Å². The summed E-state index contributed by atoms with van der Waals surface area (Å²) in [7, 11) is -1.42. The molecule has 0 fully saturated rings. The van der Waals surface area contributed by atoms with Crippen molar-refractivity contribution < 1.29 is 13.2 Å². The zero-order chi connectivity index (χ0) is 26.0. The zero-order valence-electron chi connectivity index (χ0n) is 20.1. The Labute approximate surface area is 208 Å². The van der Waals surface area contributed by atoms with E-state index in [2.05, 4.69) is 10.0 Å². The molecule has 1 amide bonds. The van der Waals surface area contributed by atoms with Crippen LogP contribution in [-0.4, -0.2) is 23.5 Å². The maximum absolute atomic E-state index is 13.4. The predicted molar refractivity (Wildman–Crippen MR) is 138 cm³/mol. The number of sulfonamides is 1. The van der Waals surface area contributed by atoms with Crippen LogP contribution in [0.15, 0.2) is 87.3 Å². The molecule has 1 aromatic heterocycles.